The molecule has 0 saturated carbocycles. The van der Waals surface area contributed by atoms with E-state index >= 15 is 0 Å². The standard InChI is InChI=1S/C30H28N4O5/c1-38-29-27(30(35)32-36)25-20-34(37)15-13-26(25)31-28(29)24-11-9-22(10-12-24)4-3-21-5-7-23(8-6-21)19-33-14-2-17-39-18-16-33/h5-13,15,20,36H,2,14,16-19H2,1H3,(H,32,35). The molecule has 0 aliphatic carbocycles. The number of pyridine rings is 2. The summed E-state index contributed by atoms with van der Waals surface area (Å²) in [6, 6.07) is 17.2. The third-order valence-corrected chi connectivity index (χ3v) is 6.57. The quantitative estimate of drug-likeness (QED) is 0.136. The van der Waals surface area contributed by atoms with Gasteiger partial charge in [0.05, 0.1) is 24.6 Å². The van der Waals surface area contributed by atoms with Crippen LogP contribution in [0.2, 0.25) is 0 Å². The number of carbonyl (C=O) groups is 1. The predicted octanol–water partition coefficient (Wildman–Crippen LogP) is 3.28. The maximum absolute atomic E-state index is 12.5. The van der Waals surface area contributed by atoms with Crippen LogP contribution in [-0.2, 0) is 11.3 Å². The van der Waals surface area contributed by atoms with E-state index in [4.69, 9.17) is 9.47 Å². The third kappa shape index (κ3) is 5.99. The van der Waals surface area contributed by atoms with Gasteiger partial charge in [0.25, 0.3) is 5.91 Å². The first kappa shape index (κ1) is 26.1. The van der Waals surface area contributed by atoms with Gasteiger partial charge in [-0.15, -0.1) is 0 Å². The molecule has 39 heavy (non-hydrogen) atoms. The highest BCUT2D eigenvalue weighted by molar-refractivity contribution is 6.09. The lowest BCUT2D eigenvalue weighted by Gasteiger charge is -2.18. The molecule has 2 aromatic carbocycles. The SMILES string of the molecule is COc1c(-c2ccc(C#Cc3ccc(CN4CCCOCC4)cc3)cc2)nc2cc[n+]([O-])cc2c1C(=O)NO. The number of carbonyl (C=O) groups excluding carboxylic acids is 1. The van der Waals surface area contributed by atoms with Gasteiger partial charge < -0.3 is 14.7 Å². The molecule has 4 aromatic rings. The van der Waals surface area contributed by atoms with Crippen molar-refractivity contribution in [3.8, 4) is 28.8 Å². The number of fused-ring (bicyclic) bond motifs is 1. The molecule has 0 spiro atoms. The summed E-state index contributed by atoms with van der Waals surface area (Å²) in [7, 11) is 1.40. The smallest absolute Gasteiger partial charge is 0.279 e. The van der Waals surface area contributed by atoms with Crippen LogP contribution in [0.1, 0.15) is 33.5 Å². The topological polar surface area (TPSA) is 111 Å². The number of rotatable bonds is 5. The van der Waals surface area contributed by atoms with Crippen LogP contribution in [-0.4, -0.2) is 54.4 Å². The molecule has 0 unspecified atom stereocenters. The van der Waals surface area contributed by atoms with Gasteiger partial charge in [0.1, 0.15) is 11.3 Å². The van der Waals surface area contributed by atoms with E-state index in [0.717, 1.165) is 50.4 Å². The van der Waals surface area contributed by atoms with E-state index in [1.54, 1.807) is 5.48 Å². The minimum atomic E-state index is -0.805. The molecule has 0 bridgehead atoms. The summed E-state index contributed by atoms with van der Waals surface area (Å²) in [5, 5.41) is 21.4. The van der Waals surface area contributed by atoms with Crippen molar-refractivity contribution < 1.29 is 24.2 Å². The zero-order valence-electron chi connectivity index (χ0n) is 21.5. The van der Waals surface area contributed by atoms with Crippen LogP contribution in [0.5, 0.6) is 5.75 Å². The molecule has 5 rings (SSSR count). The summed E-state index contributed by atoms with van der Waals surface area (Å²) >= 11 is 0. The fourth-order valence-corrected chi connectivity index (χ4v) is 4.61. The van der Waals surface area contributed by atoms with Gasteiger partial charge in [-0.25, -0.2) is 10.5 Å². The molecule has 198 valence electrons. The van der Waals surface area contributed by atoms with Crippen LogP contribution < -0.4 is 14.9 Å². The van der Waals surface area contributed by atoms with Crippen molar-refractivity contribution in [2.24, 2.45) is 0 Å². The second-order valence-corrected chi connectivity index (χ2v) is 9.18. The molecule has 3 heterocycles. The third-order valence-electron chi connectivity index (χ3n) is 6.57. The van der Waals surface area contributed by atoms with Crippen molar-refractivity contribution in [1.82, 2.24) is 15.4 Å². The Morgan fingerprint density at radius 1 is 1.10 bits per heavy atom. The lowest BCUT2D eigenvalue weighted by Crippen LogP contribution is -2.26. The van der Waals surface area contributed by atoms with Crippen molar-refractivity contribution in [1.29, 1.82) is 0 Å². The van der Waals surface area contributed by atoms with E-state index in [9.17, 15) is 15.2 Å². The minimum Gasteiger partial charge on any atom is -0.619 e. The Bertz CT molecular complexity index is 1530. The highest BCUT2D eigenvalue weighted by atomic mass is 16.5. The van der Waals surface area contributed by atoms with Crippen molar-refractivity contribution in [3.63, 3.8) is 0 Å². The van der Waals surface area contributed by atoms with E-state index in [1.165, 1.54) is 31.1 Å². The summed E-state index contributed by atoms with van der Waals surface area (Å²) in [4.78, 5) is 19.5. The molecule has 1 fully saturated rings. The zero-order chi connectivity index (χ0) is 27.2. The van der Waals surface area contributed by atoms with Crippen LogP contribution >= 0.6 is 0 Å². The monoisotopic (exact) mass is 524 g/mol. The summed E-state index contributed by atoms with van der Waals surface area (Å²) < 4.78 is 11.6. The van der Waals surface area contributed by atoms with Gasteiger partial charge in [0.2, 0.25) is 0 Å². The van der Waals surface area contributed by atoms with Gasteiger partial charge in [-0.1, -0.05) is 36.1 Å². The van der Waals surface area contributed by atoms with Crippen LogP contribution in [0.4, 0.5) is 0 Å². The van der Waals surface area contributed by atoms with E-state index < -0.39 is 5.91 Å². The van der Waals surface area contributed by atoms with Crippen LogP contribution in [0.3, 0.4) is 0 Å². The van der Waals surface area contributed by atoms with E-state index in [2.05, 4.69) is 33.9 Å². The predicted molar refractivity (Wildman–Crippen MR) is 145 cm³/mol. The van der Waals surface area contributed by atoms with Crippen LogP contribution in [0, 0.1) is 17.0 Å². The summed E-state index contributed by atoms with van der Waals surface area (Å²) in [6.07, 6.45) is 3.57. The number of hydroxylamine groups is 1. The largest absolute Gasteiger partial charge is 0.619 e. The van der Waals surface area contributed by atoms with E-state index in [1.807, 2.05) is 36.4 Å². The lowest BCUT2D eigenvalue weighted by molar-refractivity contribution is -0.603. The highest BCUT2D eigenvalue weighted by Crippen LogP contribution is 2.35. The van der Waals surface area contributed by atoms with Gasteiger partial charge in [-0.05, 0) is 36.2 Å². The molecule has 9 nitrogen and oxygen atoms in total. The second-order valence-electron chi connectivity index (χ2n) is 9.18. The Labute approximate surface area is 226 Å². The summed E-state index contributed by atoms with van der Waals surface area (Å²) in [6.45, 7) is 4.53. The van der Waals surface area contributed by atoms with Crippen molar-refractivity contribution in [3.05, 3.63) is 94.5 Å². The van der Waals surface area contributed by atoms with E-state index in [-0.39, 0.29) is 16.7 Å². The Balaban J connectivity index is 1.37. The Kier molecular flexibility index (Phi) is 7.99. The number of benzene rings is 2. The lowest BCUT2D eigenvalue weighted by atomic mass is 10.0. The zero-order valence-corrected chi connectivity index (χ0v) is 21.5. The van der Waals surface area contributed by atoms with Crippen molar-refractivity contribution in [2.45, 2.75) is 13.0 Å². The average Bonchev–Trinajstić information content (AvgIpc) is 3.24. The summed E-state index contributed by atoms with van der Waals surface area (Å²) in [5.41, 5.74) is 6.14. The number of aromatic nitrogens is 2. The molecule has 1 aliphatic heterocycles. The molecular weight excluding hydrogens is 496 g/mol. The van der Waals surface area contributed by atoms with Gasteiger partial charge in [-0.2, -0.15) is 4.73 Å². The normalized spacial score (nSPS) is 13.8. The van der Waals surface area contributed by atoms with E-state index in [0.29, 0.717) is 21.5 Å². The number of hydrogen-bond acceptors (Lipinski definition) is 7. The Morgan fingerprint density at radius 2 is 1.82 bits per heavy atom. The first-order valence-corrected chi connectivity index (χ1v) is 12.6. The maximum atomic E-state index is 12.5. The molecule has 2 aromatic heterocycles. The van der Waals surface area contributed by atoms with Gasteiger partial charge in [-0.3, -0.25) is 14.9 Å². The Morgan fingerprint density at radius 3 is 2.51 bits per heavy atom. The molecular formula is C30H28N4O5. The fraction of sp³-hybridized carbons (Fsp3) is 0.233. The number of methoxy groups -OCH3 is 1. The molecule has 9 heteroatoms. The number of ether oxygens (including phenoxy) is 2. The molecule has 1 saturated heterocycles. The fourth-order valence-electron chi connectivity index (χ4n) is 4.61. The van der Waals surface area contributed by atoms with Crippen LogP contribution in [0.25, 0.3) is 22.2 Å². The van der Waals surface area contributed by atoms with Gasteiger partial charge >= 0.3 is 0 Å². The van der Waals surface area contributed by atoms with Crippen molar-refractivity contribution >= 4 is 16.8 Å². The first-order valence-electron chi connectivity index (χ1n) is 12.6. The molecule has 1 amide bonds. The highest BCUT2D eigenvalue weighted by Gasteiger charge is 2.24. The molecule has 1 aliphatic rings. The number of amides is 1. The van der Waals surface area contributed by atoms with Crippen molar-refractivity contribution in [2.75, 3.05) is 33.4 Å². The minimum absolute atomic E-state index is 0.0155. The number of nitrogens with one attached hydrogen (secondary N) is 1. The van der Waals surface area contributed by atoms with Crippen LogP contribution in [0.15, 0.2) is 67.0 Å². The first-order chi connectivity index (χ1) is 19.1. The molecule has 0 atom stereocenters. The molecule has 2 N–H and O–H groups in total. The average molecular weight is 525 g/mol. The second kappa shape index (κ2) is 11.9. The van der Waals surface area contributed by atoms with Gasteiger partial charge in [0.15, 0.2) is 18.1 Å². The Hall–Kier alpha value is -4.49. The van der Waals surface area contributed by atoms with Gasteiger partial charge in [0, 0.05) is 49.0 Å². The number of hydrogen-bond donors (Lipinski definition) is 2. The summed E-state index contributed by atoms with van der Waals surface area (Å²) in [5.74, 6) is 5.74. The number of nitrogens with zero attached hydrogens (tertiary/aromatic N) is 3. The molecule has 0 radical (unpaired) electrons. The maximum Gasteiger partial charge on any atom is 0.279 e.